The predicted octanol–water partition coefficient (Wildman–Crippen LogP) is 4.27. The number of carbonyl (C=O) groups is 1. The summed E-state index contributed by atoms with van der Waals surface area (Å²) in [6.07, 6.45) is 0. The molecule has 0 unspecified atom stereocenters. The number of carbonyl (C=O) groups excluding carboxylic acids is 1. The molecule has 0 spiro atoms. The van der Waals surface area contributed by atoms with Crippen molar-refractivity contribution in [3.63, 3.8) is 0 Å². The number of hydrogen-bond donors (Lipinski definition) is 1. The summed E-state index contributed by atoms with van der Waals surface area (Å²) in [4.78, 5) is 17.5. The van der Waals surface area contributed by atoms with Crippen molar-refractivity contribution in [2.24, 2.45) is 0 Å². The average molecular weight is 406 g/mol. The quantitative estimate of drug-likeness (QED) is 0.517. The average Bonchev–Trinajstić information content (AvgIpc) is 3.44. The van der Waals surface area contributed by atoms with Crippen LogP contribution in [0.4, 0.5) is 5.69 Å². The molecule has 29 heavy (non-hydrogen) atoms. The van der Waals surface area contributed by atoms with E-state index in [0.717, 1.165) is 11.3 Å². The van der Waals surface area contributed by atoms with Crippen LogP contribution >= 0.6 is 11.3 Å². The van der Waals surface area contributed by atoms with Crippen molar-refractivity contribution < 1.29 is 14.3 Å². The second-order valence-corrected chi connectivity index (χ2v) is 7.00. The molecule has 0 radical (unpaired) electrons. The van der Waals surface area contributed by atoms with Crippen LogP contribution in [0.2, 0.25) is 0 Å². The number of benzene rings is 2. The molecule has 0 bridgehead atoms. The molecule has 0 aliphatic heterocycles. The first-order valence-corrected chi connectivity index (χ1v) is 9.66. The molecule has 8 heteroatoms. The number of rotatable bonds is 6. The van der Waals surface area contributed by atoms with E-state index in [1.807, 2.05) is 60.0 Å². The Bertz CT molecular complexity index is 1140. The van der Waals surface area contributed by atoms with Gasteiger partial charge < -0.3 is 14.8 Å². The zero-order valence-corrected chi connectivity index (χ0v) is 16.6. The van der Waals surface area contributed by atoms with Crippen LogP contribution in [0.15, 0.2) is 66.0 Å². The fraction of sp³-hybridized carbons (Fsp3) is 0.0952. The molecule has 2 aromatic carbocycles. The van der Waals surface area contributed by atoms with E-state index in [4.69, 9.17) is 9.47 Å². The smallest absolute Gasteiger partial charge is 0.336 e. The lowest BCUT2D eigenvalue weighted by molar-refractivity contribution is 0.103. The second-order valence-electron chi connectivity index (χ2n) is 6.05. The summed E-state index contributed by atoms with van der Waals surface area (Å²) < 4.78 is 12.2. The maximum absolute atomic E-state index is 12.4. The van der Waals surface area contributed by atoms with E-state index in [0.29, 0.717) is 22.1 Å². The molecule has 0 saturated heterocycles. The van der Waals surface area contributed by atoms with Crippen LogP contribution in [0.1, 0.15) is 9.67 Å². The third-order valence-corrected chi connectivity index (χ3v) is 5.06. The lowest BCUT2D eigenvalue weighted by Crippen LogP contribution is -2.10. The van der Waals surface area contributed by atoms with E-state index in [1.54, 1.807) is 17.9 Å². The first-order chi connectivity index (χ1) is 14.2. The lowest BCUT2D eigenvalue weighted by Gasteiger charge is -2.09. The second kappa shape index (κ2) is 8.15. The number of nitrogens with one attached hydrogen (secondary N) is 1. The molecule has 1 N–H and O–H groups in total. The maximum Gasteiger partial charge on any atom is 0.336 e. The van der Waals surface area contributed by atoms with Crippen LogP contribution in [0.3, 0.4) is 0 Å². The minimum atomic E-state index is -0.152. The topological polar surface area (TPSA) is 78.3 Å². The summed E-state index contributed by atoms with van der Waals surface area (Å²) in [5.41, 5.74) is 2.22. The van der Waals surface area contributed by atoms with Gasteiger partial charge in [-0.1, -0.05) is 24.3 Å². The summed E-state index contributed by atoms with van der Waals surface area (Å²) in [5.74, 6) is 1.16. The Morgan fingerprint density at radius 3 is 2.66 bits per heavy atom. The van der Waals surface area contributed by atoms with E-state index in [1.165, 1.54) is 18.4 Å². The third kappa shape index (κ3) is 3.97. The molecule has 2 heterocycles. The van der Waals surface area contributed by atoms with Crippen molar-refractivity contribution in [2.75, 3.05) is 19.5 Å². The predicted molar refractivity (Wildman–Crippen MR) is 112 cm³/mol. The van der Waals surface area contributed by atoms with Crippen molar-refractivity contribution in [1.82, 2.24) is 14.8 Å². The Kier molecular flexibility index (Phi) is 5.26. The number of methoxy groups -OCH3 is 2. The van der Waals surface area contributed by atoms with Crippen molar-refractivity contribution in [3.8, 4) is 28.8 Å². The van der Waals surface area contributed by atoms with Crippen LogP contribution in [0.5, 0.6) is 11.8 Å². The van der Waals surface area contributed by atoms with Gasteiger partial charge in [-0.05, 0) is 41.8 Å². The molecular weight excluding hydrogens is 388 g/mol. The van der Waals surface area contributed by atoms with Crippen LogP contribution in [0.25, 0.3) is 17.1 Å². The van der Waals surface area contributed by atoms with Gasteiger partial charge in [0.05, 0.1) is 24.8 Å². The molecule has 0 aliphatic rings. The number of anilines is 1. The van der Waals surface area contributed by atoms with Crippen molar-refractivity contribution in [1.29, 1.82) is 0 Å². The van der Waals surface area contributed by atoms with Crippen LogP contribution in [0, 0.1) is 0 Å². The van der Waals surface area contributed by atoms with Gasteiger partial charge in [-0.3, -0.25) is 4.79 Å². The van der Waals surface area contributed by atoms with Gasteiger partial charge in [-0.15, -0.1) is 16.4 Å². The number of thiophene rings is 1. The van der Waals surface area contributed by atoms with Crippen LogP contribution < -0.4 is 14.8 Å². The molecule has 4 rings (SSSR count). The molecule has 4 aromatic rings. The standard InChI is InChI=1S/C21H18N4O3S/c1-27-17-9-3-6-14(12-17)19-23-21(28-2)24-25(19)16-8-4-7-15(13-16)22-20(26)18-10-5-11-29-18/h3-13H,1-2H3,(H,22,26). The molecule has 0 atom stereocenters. The molecule has 7 nitrogen and oxygen atoms in total. The number of aromatic nitrogens is 3. The summed E-state index contributed by atoms with van der Waals surface area (Å²) >= 11 is 1.39. The Balaban J connectivity index is 1.71. The Hall–Kier alpha value is -3.65. The SMILES string of the molecule is COc1cccc(-c2nc(OC)nn2-c2cccc(NC(=O)c3cccs3)c2)c1. The van der Waals surface area contributed by atoms with Gasteiger partial charge in [-0.25, -0.2) is 4.68 Å². The fourth-order valence-electron chi connectivity index (χ4n) is 2.82. The van der Waals surface area contributed by atoms with Crippen LogP contribution in [-0.2, 0) is 0 Å². The summed E-state index contributed by atoms with van der Waals surface area (Å²) in [7, 11) is 3.14. The van der Waals surface area contributed by atoms with Crippen LogP contribution in [-0.4, -0.2) is 34.9 Å². The summed E-state index contributed by atoms with van der Waals surface area (Å²) in [6, 6.07) is 18.8. The van der Waals surface area contributed by atoms with E-state index in [2.05, 4.69) is 15.4 Å². The molecule has 0 fully saturated rings. The highest BCUT2D eigenvalue weighted by molar-refractivity contribution is 7.12. The third-order valence-electron chi connectivity index (χ3n) is 4.19. The van der Waals surface area contributed by atoms with Gasteiger partial charge >= 0.3 is 6.01 Å². The monoisotopic (exact) mass is 406 g/mol. The molecular formula is C21H18N4O3S. The van der Waals surface area contributed by atoms with Crippen molar-refractivity contribution in [3.05, 3.63) is 70.9 Å². The van der Waals surface area contributed by atoms with Gasteiger partial charge in [0.15, 0.2) is 5.82 Å². The van der Waals surface area contributed by atoms with E-state index >= 15 is 0 Å². The first kappa shape index (κ1) is 18.7. The van der Waals surface area contributed by atoms with E-state index < -0.39 is 0 Å². The summed E-state index contributed by atoms with van der Waals surface area (Å²) in [6.45, 7) is 0. The Morgan fingerprint density at radius 2 is 1.90 bits per heavy atom. The number of hydrogen-bond acceptors (Lipinski definition) is 6. The highest BCUT2D eigenvalue weighted by atomic mass is 32.1. The molecule has 1 amide bonds. The molecule has 0 aliphatic carbocycles. The van der Waals surface area contributed by atoms with Gasteiger partial charge in [-0.2, -0.15) is 4.98 Å². The largest absolute Gasteiger partial charge is 0.497 e. The van der Waals surface area contributed by atoms with Crippen molar-refractivity contribution in [2.45, 2.75) is 0 Å². The zero-order chi connectivity index (χ0) is 20.2. The van der Waals surface area contributed by atoms with Crippen molar-refractivity contribution >= 4 is 22.9 Å². The van der Waals surface area contributed by atoms with Gasteiger partial charge in [0.2, 0.25) is 0 Å². The summed E-state index contributed by atoms with van der Waals surface area (Å²) in [5, 5.41) is 9.21. The number of nitrogens with zero attached hydrogens (tertiary/aromatic N) is 3. The van der Waals surface area contributed by atoms with E-state index in [-0.39, 0.29) is 11.9 Å². The van der Waals surface area contributed by atoms with E-state index in [9.17, 15) is 4.79 Å². The Labute approximate surface area is 171 Å². The lowest BCUT2D eigenvalue weighted by atomic mass is 10.2. The molecule has 2 aromatic heterocycles. The minimum absolute atomic E-state index is 0.152. The first-order valence-electron chi connectivity index (χ1n) is 8.78. The molecule has 146 valence electrons. The maximum atomic E-state index is 12.4. The van der Waals surface area contributed by atoms with Gasteiger partial charge in [0.25, 0.3) is 5.91 Å². The van der Waals surface area contributed by atoms with Gasteiger partial charge in [0.1, 0.15) is 5.75 Å². The number of ether oxygens (including phenoxy) is 2. The number of amides is 1. The fourth-order valence-corrected chi connectivity index (χ4v) is 3.44. The normalized spacial score (nSPS) is 10.6. The Morgan fingerprint density at radius 1 is 1.03 bits per heavy atom. The van der Waals surface area contributed by atoms with Gasteiger partial charge in [0, 0.05) is 11.3 Å². The highest BCUT2D eigenvalue weighted by Gasteiger charge is 2.16. The zero-order valence-electron chi connectivity index (χ0n) is 15.8. The minimum Gasteiger partial charge on any atom is -0.497 e. The molecule has 0 saturated carbocycles. The highest BCUT2D eigenvalue weighted by Crippen LogP contribution is 2.27.